The minimum absolute atomic E-state index is 0.0783. The number of hydrogen-bond donors (Lipinski definition) is 1. The number of fused-ring (bicyclic) bond motifs is 1. The second-order valence-electron chi connectivity index (χ2n) is 9.62. The van der Waals surface area contributed by atoms with E-state index in [0.717, 1.165) is 48.1 Å². The summed E-state index contributed by atoms with van der Waals surface area (Å²) in [6, 6.07) is 13.8. The Morgan fingerprint density at radius 3 is 2.79 bits per heavy atom. The SMILES string of the molecule is CCOc1ccc2[nH]c(=O)c(CN(C[C@@H]3CCCO3)[C@@H](CC)c3nnnn3Cc3ccc(F)cc3)cc2c1. The molecular weight excluding hydrogens is 487 g/mol. The maximum Gasteiger partial charge on any atom is 0.252 e. The Morgan fingerprint density at radius 2 is 2.05 bits per heavy atom. The molecule has 38 heavy (non-hydrogen) atoms. The van der Waals surface area contributed by atoms with Crippen molar-refractivity contribution in [3.05, 3.63) is 81.7 Å². The minimum Gasteiger partial charge on any atom is -0.494 e. The molecule has 0 spiro atoms. The summed E-state index contributed by atoms with van der Waals surface area (Å²) in [5.74, 6) is 1.18. The van der Waals surface area contributed by atoms with E-state index in [-0.39, 0.29) is 23.5 Å². The molecule has 1 fully saturated rings. The molecule has 5 rings (SSSR count). The second kappa shape index (κ2) is 11.8. The van der Waals surface area contributed by atoms with Crippen LogP contribution in [0.4, 0.5) is 4.39 Å². The molecule has 0 radical (unpaired) electrons. The van der Waals surface area contributed by atoms with Gasteiger partial charge in [-0.2, -0.15) is 0 Å². The number of aromatic nitrogens is 5. The molecular formula is C28H33FN6O3. The summed E-state index contributed by atoms with van der Waals surface area (Å²) in [5, 5.41) is 13.5. The summed E-state index contributed by atoms with van der Waals surface area (Å²) in [4.78, 5) is 18.4. The average Bonchev–Trinajstić information content (AvgIpc) is 3.59. The molecule has 9 nitrogen and oxygen atoms in total. The van der Waals surface area contributed by atoms with E-state index in [9.17, 15) is 9.18 Å². The molecule has 0 aliphatic carbocycles. The van der Waals surface area contributed by atoms with Gasteiger partial charge in [0.05, 0.1) is 25.3 Å². The first-order valence-corrected chi connectivity index (χ1v) is 13.2. The Labute approximate surface area is 220 Å². The van der Waals surface area contributed by atoms with E-state index >= 15 is 0 Å². The molecule has 2 aromatic carbocycles. The quantitative estimate of drug-likeness (QED) is 0.316. The molecule has 1 aliphatic rings. The van der Waals surface area contributed by atoms with Crippen molar-refractivity contribution in [2.24, 2.45) is 0 Å². The zero-order chi connectivity index (χ0) is 26.5. The Kier molecular flexibility index (Phi) is 8.09. The predicted octanol–water partition coefficient (Wildman–Crippen LogP) is 4.23. The van der Waals surface area contributed by atoms with E-state index in [0.29, 0.717) is 37.6 Å². The molecule has 200 valence electrons. The van der Waals surface area contributed by atoms with Crippen LogP contribution >= 0.6 is 0 Å². The van der Waals surface area contributed by atoms with Crippen molar-refractivity contribution >= 4 is 10.9 Å². The lowest BCUT2D eigenvalue weighted by atomic mass is 10.1. The lowest BCUT2D eigenvalue weighted by Crippen LogP contribution is -2.37. The number of nitrogens with zero attached hydrogens (tertiary/aromatic N) is 5. The predicted molar refractivity (Wildman–Crippen MR) is 141 cm³/mol. The third kappa shape index (κ3) is 5.92. The molecule has 4 aromatic rings. The molecule has 0 unspecified atom stereocenters. The van der Waals surface area contributed by atoms with Gasteiger partial charge in [-0.1, -0.05) is 19.1 Å². The summed E-state index contributed by atoms with van der Waals surface area (Å²) in [6.07, 6.45) is 2.80. The van der Waals surface area contributed by atoms with Crippen LogP contribution in [0.25, 0.3) is 10.9 Å². The van der Waals surface area contributed by atoms with Crippen molar-refractivity contribution in [1.29, 1.82) is 0 Å². The van der Waals surface area contributed by atoms with Gasteiger partial charge in [-0.3, -0.25) is 9.69 Å². The molecule has 1 saturated heterocycles. The molecule has 0 bridgehead atoms. The number of hydrogen-bond acceptors (Lipinski definition) is 7. The number of nitrogens with one attached hydrogen (secondary N) is 1. The lowest BCUT2D eigenvalue weighted by molar-refractivity contribution is 0.0489. The van der Waals surface area contributed by atoms with Crippen LogP contribution in [0.5, 0.6) is 5.75 Å². The van der Waals surface area contributed by atoms with Gasteiger partial charge in [0.1, 0.15) is 11.6 Å². The summed E-state index contributed by atoms with van der Waals surface area (Å²) < 4.78 is 26.8. The van der Waals surface area contributed by atoms with Gasteiger partial charge in [-0.25, -0.2) is 9.07 Å². The Morgan fingerprint density at radius 1 is 1.21 bits per heavy atom. The van der Waals surface area contributed by atoms with Crippen LogP contribution in [0.3, 0.4) is 0 Å². The van der Waals surface area contributed by atoms with Crippen LogP contribution in [-0.4, -0.2) is 56.0 Å². The maximum atomic E-state index is 13.4. The largest absolute Gasteiger partial charge is 0.494 e. The smallest absolute Gasteiger partial charge is 0.252 e. The summed E-state index contributed by atoms with van der Waals surface area (Å²) in [7, 11) is 0. The highest BCUT2D eigenvalue weighted by molar-refractivity contribution is 5.80. The van der Waals surface area contributed by atoms with Crippen molar-refractivity contribution in [2.45, 2.75) is 58.3 Å². The fourth-order valence-corrected chi connectivity index (χ4v) is 5.10. The average molecular weight is 521 g/mol. The van der Waals surface area contributed by atoms with Gasteiger partial charge in [0.25, 0.3) is 5.56 Å². The number of benzene rings is 2. The Balaban J connectivity index is 1.47. The fraction of sp³-hybridized carbons (Fsp3) is 0.429. The first-order chi connectivity index (χ1) is 18.5. The van der Waals surface area contributed by atoms with E-state index in [2.05, 4.69) is 32.3 Å². The molecule has 2 atom stereocenters. The number of ether oxygens (including phenoxy) is 2. The highest BCUT2D eigenvalue weighted by Crippen LogP contribution is 2.28. The topological polar surface area (TPSA) is 98.2 Å². The van der Waals surface area contributed by atoms with Gasteiger partial charge in [-0.05, 0) is 78.6 Å². The van der Waals surface area contributed by atoms with Gasteiger partial charge in [-0.15, -0.1) is 5.10 Å². The molecule has 2 aromatic heterocycles. The van der Waals surface area contributed by atoms with Crippen LogP contribution in [0, 0.1) is 5.82 Å². The third-order valence-corrected chi connectivity index (χ3v) is 6.97. The Bertz CT molecular complexity index is 1410. The molecule has 0 saturated carbocycles. The molecule has 0 amide bonds. The van der Waals surface area contributed by atoms with Crippen LogP contribution in [0.2, 0.25) is 0 Å². The van der Waals surface area contributed by atoms with Gasteiger partial charge < -0.3 is 14.5 Å². The second-order valence-corrected chi connectivity index (χ2v) is 9.62. The van der Waals surface area contributed by atoms with Crippen molar-refractivity contribution < 1.29 is 13.9 Å². The van der Waals surface area contributed by atoms with E-state index in [1.54, 1.807) is 16.8 Å². The lowest BCUT2D eigenvalue weighted by Gasteiger charge is -2.32. The van der Waals surface area contributed by atoms with Crippen molar-refractivity contribution in [3.63, 3.8) is 0 Å². The zero-order valence-electron chi connectivity index (χ0n) is 21.8. The maximum absolute atomic E-state index is 13.4. The molecule has 10 heteroatoms. The van der Waals surface area contributed by atoms with Crippen LogP contribution in [0.15, 0.2) is 53.3 Å². The highest BCUT2D eigenvalue weighted by Gasteiger charge is 2.29. The number of H-pyrrole nitrogens is 1. The first kappa shape index (κ1) is 26.0. The monoisotopic (exact) mass is 520 g/mol. The van der Waals surface area contributed by atoms with Gasteiger partial charge in [0, 0.05) is 36.2 Å². The van der Waals surface area contributed by atoms with Gasteiger partial charge >= 0.3 is 0 Å². The highest BCUT2D eigenvalue weighted by atomic mass is 19.1. The van der Waals surface area contributed by atoms with Crippen LogP contribution in [-0.2, 0) is 17.8 Å². The minimum atomic E-state index is -0.283. The van der Waals surface area contributed by atoms with E-state index in [1.807, 2.05) is 31.2 Å². The molecule has 1 N–H and O–H groups in total. The normalized spacial score (nSPS) is 16.4. The summed E-state index contributed by atoms with van der Waals surface area (Å²) >= 11 is 0. The van der Waals surface area contributed by atoms with Crippen LogP contribution in [0.1, 0.15) is 56.1 Å². The standard InChI is InChI=1S/C28H33FN6O3/c1-3-26(27-31-32-33-35(27)16-19-7-9-22(29)10-8-19)34(18-24-6-5-13-38-24)17-21-14-20-15-23(37-4-2)11-12-25(20)30-28(21)36/h7-12,14-15,24,26H,3-6,13,16-18H2,1-2H3,(H,30,36)/t24-,26-/m0/s1. The van der Waals surface area contributed by atoms with Crippen molar-refractivity contribution in [3.8, 4) is 5.75 Å². The first-order valence-electron chi connectivity index (χ1n) is 13.2. The number of pyridine rings is 1. The fourth-order valence-electron chi connectivity index (χ4n) is 5.10. The van der Waals surface area contributed by atoms with Crippen molar-refractivity contribution in [2.75, 3.05) is 19.8 Å². The van der Waals surface area contributed by atoms with Gasteiger partial charge in [0.2, 0.25) is 0 Å². The van der Waals surface area contributed by atoms with Crippen LogP contribution < -0.4 is 10.3 Å². The van der Waals surface area contributed by atoms with Crippen molar-refractivity contribution in [1.82, 2.24) is 30.1 Å². The number of tetrazole rings is 1. The third-order valence-electron chi connectivity index (χ3n) is 6.97. The summed E-state index contributed by atoms with van der Waals surface area (Å²) in [6.45, 7) is 6.83. The van der Waals surface area contributed by atoms with E-state index in [1.165, 1.54) is 12.1 Å². The molecule has 3 heterocycles. The Hall–Kier alpha value is -3.63. The van der Waals surface area contributed by atoms with Gasteiger partial charge in [0.15, 0.2) is 5.82 Å². The van der Waals surface area contributed by atoms with E-state index < -0.39 is 0 Å². The number of aromatic amines is 1. The van der Waals surface area contributed by atoms with E-state index in [4.69, 9.17) is 9.47 Å². The number of rotatable bonds is 11. The summed E-state index contributed by atoms with van der Waals surface area (Å²) in [5.41, 5.74) is 2.19. The molecule has 1 aliphatic heterocycles. The number of halogens is 1. The zero-order valence-corrected chi connectivity index (χ0v) is 21.8.